The second-order valence-electron chi connectivity index (χ2n) is 14.0. The molecule has 0 spiro atoms. The van der Waals surface area contributed by atoms with Crippen molar-refractivity contribution in [3.8, 4) is 22.1 Å². The summed E-state index contributed by atoms with van der Waals surface area (Å²) in [5, 5.41) is 13.7. The lowest BCUT2D eigenvalue weighted by atomic mass is 9.79. The van der Waals surface area contributed by atoms with E-state index in [1.807, 2.05) is 64.2 Å². The largest absolute Gasteiger partial charge is 0.481 e. The van der Waals surface area contributed by atoms with Crippen molar-refractivity contribution < 1.29 is 14.6 Å². The number of benzene rings is 2. The summed E-state index contributed by atoms with van der Waals surface area (Å²) >= 11 is 7.86. The molecule has 2 aliphatic rings. The molecule has 11 nitrogen and oxygen atoms in total. The van der Waals surface area contributed by atoms with Crippen molar-refractivity contribution in [2.45, 2.75) is 43.9 Å². The summed E-state index contributed by atoms with van der Waals surface area (Å²) in [6.07, 6.45) is 8.51. The van der Waals surface area contributed by atoms with Gasteiger partial charge in [0.2, 0.25) is 11.8 Å². The van der Waals surface area contributed by atoms with Gasteiger partial charge >= 0.3 is 0 Å². The van der Waals surface area contributed by atoms with Crippen molar-refractivity contribution in [3.63, 3.8) is 0 Å². The maximum absolute atomic E-state index is 14.2. The number of rotatable bonds is 9. The Kier molecular flexibility index (Phi) is 9.86. The number of amides is 1. The smallest absolute Gasteiger partial charge is 0.262 e. The second kappa shape index (κ2) is 14.9. The SMILES string of the molecule is COc1ccc(-c2ncc(CN3CC[C@@H](C(=O)N4CCC(O)(Cn5cnc6c(ccn6-c6cccc(Cl)c6)c5=O)CC4)[C@H](c4ccccc4)C3)s2)cn1. The molecular formula is C40H40ClN7O4S. The summed E-state index contributed by atoms with van der Waals surface area (Å²) in [7, 11) is 1.60. The van der Waals surface area contributed by atoms with Crippen molar-refractivity contribution in [2.24, 2.45) is 5.92 Å². The van der Waals surface area contributed by atoms with Gasteiger partial charge in [0, 0.05) is 83.8 Å². The normalized spacial score (nSPS) is 19.0. The van der Waals surface area contributed by atoms with E-state index in [9.17, 15) is 14.7 Å². The fraction of sp³-hybridized carbons (Fsp3) is 0.325. The Morgan fingerprint density at radius 2 is 1.83 bits per heavy atom. The van der Waals surface area contributed by atoms with Gasteiger partial charge in [0.05, 0.1) is 24.6 Å². The maximum atomic E-state index is 14.2. The zero-order chi connectivity index (χ0) is 36.5. The van der Waals surface area contributed by atoms with Gasteiger partial charge in [-0.1, -0.05) is 48.0 Å². The molecule has 2 aliphatic heterocycles. The van der Waals surface area contributed by atoms with Gasteiger partial charge in [0.25, 0.3) is 5.56 Å². The summed E-state index contributed by atoms with van der Waals surface area (Å²) < 4.78 is 8.51. The van der Waals surface area contributed by atoms with Crippen LogP contribution in [-0.2, 0) is 17.9 Å². The lowest BCUT2D eigenvalue weighted by Gasteiger charge is -2.43. The lowest BCUT2D eigenvalue weighted by molar-refractivity contribution is -0.142. The molecule has 0 radical (unpaired) electrons. The highest BCUT2D eigenvalue weighted by atomic mass is 35.5. The molecule has 2 fully saturated rings. The first kappa shape index (κ1) is 35.2. The van der Waals surface area contributed by atoms with Crippen LogP contribution in [0.1, 0.15) is 35.6 Å². The maximum Gasteiger partial charge on any atom is 0.262 e. The molecule has 6 heterocycles. The van der Waals surface area contributed by atoms with Crippen LogP contribution in [-0.4, -0.2) is 83.8 Å². The molecule has 0 unspecified atom stereocenters. The Morgan fingerprint density at radius 1 is 1.00 bits per heavy atom. The number of pyridine rings is 1. The van der Waals surface area contributed by atoms with Gasteiger partial charge in [-0.25, -0.2) is 15.0 Å². The number of carbonyl (C=O) groups excluding carboxylic acids is 1. The first-order valence-corrected chi connectivity index (χ1v) is 19.0. The van der Waals surface area contributed by atoms with Crippen LogP contribution in [0.3, 0.4) is 0 Å². The van der Waals surface area contributed by atoms with Gasteiger partial charge in [-0.15, -0.1) is 11.3 Å². The van der Waals surface area contributed by atoms with Crippen molar-refractivity contribution in [1.29, 1.82) is 0 Å². The van der Waals surface area contributed by atoms with E-state index in [0.29, 0.717) is 47.9 Å². The molecule has 1 N–H and O–H groups in total. The van der Waals surface area contributed by atoms with E-state index in [2.05, 4.69) is 32.0 Å². The van der Waals surface area contributed by atoms with E-state index in [4.69, 9.17) is 16.3 Å². The topological polar surface area (TPSA) is 119 Å². The van der Waals surface area contributed by atoms with Crippen LogP contribution in [0.15, 0.2) is 103 Å². The van der Waals surface area contributed by atoms with Crippen LogP contribution in [0.4, 0.5) is 0 Å². The minimum absolute atomic E-state index is 0.0343. The summed E-state index contributed by atoms with van der Waals surface area (Å²) in [6.45, 7) is 3.28. The predicted molar refractivity (Wildman–Crippen MR) is 206 cm³/mol. The number of methoxy groups -OCH3 is 1. The average molecular weight is 750 g/mol. The number of fused-ring (bicyclic) bond motifs is 1. The summed E-state index contributed by atoms with van der Waals surface area (Å²) in [5.41, 5.74) is 2.10. The number of hydrogen-bond donors (Lipinski definition) is 1. The molecule has 272 valence electrons. The highest BCUT2D eigenvalue weighted by Crippen LogP contribution is 2.37. The zero-order valence-electron chi connectivity index (χ0n) is 29.3. The van der Waals surface area contributed by atoms with Crippen LogP contribution in [0.2, 0.25) is 5.02 Å². The van der Waals surface area contributed by atoms with Crippen LogP contribution in [0.5, 0.6) is 5.88 Å². The van der Waals surface area contributed by atoms with E-state index in [1.54, 1.807) is 43.0 Å². The fourth-order valence-electron chi connectivity index (χ4n) is 7.71. The Labute approximate surface area is 316 Å². The molecule has 6 aromatic rings. The molecule has 0 aliphatic carbocycles. The van der Waals surface area contributed by atoms with E-state index >= 15 is 0 Å². The van der Waals surface area contributed by atoms with Gasteiger partial charge in [-0.3, -0.25) is 19.1 Å². The van der Waals surface area contributed by atoms with Crippen molar-refractivity contribution in [1.82, 2.24) is 33.9 Å². The number of aromatic nitrogens is 5. The second-order valence-corrected chi connectivity index (χ2v) is 15.6. The average Bonchev–Trinajstić information content (AvgIpc) is 3.84. The first-order valence-electron chi connectivity index (χ1n) is 17.8. The highest BCUT2D eigenvalue weighted by molar-refractivity contribution is 7.15. The number of carbonyl (C=O) groups is 1. The monoisotopic (exact) mass is 749 g/mol. The minimum atomic E-state index is -1.14. The number of hydrogen-bond acceptors (Lipinski definition) is 9. The van der Waals surface area contributed by atoms with Crippen LogP contribution >= 0.6 is 22.9 Å². The van der Waals surface area contributed by atoms with E-state index in [-0.39, 0.29) is 29.8 Å². The van der Waals surface area contributed by atoms with Gasteiger partial charge in [0.1, 0.15) is 11.3 Å². The molecule has 2 atom stereocenters. The molecule has 0 bridgehead atoms. The third kappa shape index (κ3) is 7.37. The Bertz CT molecular complexity index is 2280. The molecule has 0 saturated carbocycles. The fourth-order valence-corrected chi connectivity index (χ4v) is 8.84. The molecule has 2 saturated heterocycles. The number of halogens is 1. The molecule has 4 aromatic heterocycles. The molecule has 8 rings (SSSR count). The third-order valence-corrected chi connectivity index (χ3v) is 11.9. The number of aliphatic hydroxyl groups is 1. The Balaban J connectivity index is 0.924. The highest BCUT2D eigenvalue weighted by Gasteiger charge is 2.41. The number of nitrogens with zero attached hydrogens (tertiary/aromatic N) is 7. The summed E-state index contributed by atoms with van der Waals surface area (Å²) in [5.74, 6) is 0.572. The quantitative estimate of drug-likeness (QED) is 0.191. The number of ether oxygens (including phenoxy) is 1. The van der Waals surface area contributed by atoms with E-state index in [0.717, 1.165) is 52.8 Å². The molecule has 1 amide bonds. The third-order valence-electron chi connectivity index (χ3n) is 10.6. The number of likely N-dealkylation sites (tertiary alicyclic amines) is 2. The molecule has 13 heteroatoms. The zero-order valence-corrected chi connectivity index (χ0v) is 30.9. The van der Waals surface area contributed by atoms with Gasteiger partial charge in [-0.05, 0) is 61.7 Å². The molecule has 2 aromatic carbocycles. The van der Waals surface area contributed by atoms with Crippen LogP contribution in [0, 0.1) is 5.92 Å². The van der Waals surface area contributed by atoms with Crippen molar-refractivity contribution >= 4 is 39.9 Å². The van der Waals surface area contributed by atoms with Gasteiger partial charge in [-0.2, -0.15) is 0 Å². The van der Waals surface area contributed by atoms with E-state index in [1.165, 1.54) is 10.9 Å². The Morgan fingerprint density at radius 3 is 2.58 bits per heavy atom. The van der Waals surface area contributed by atoms with Crippen LogP contribution in [0.25, 0.3) is 27.3 Å². The first-order chi connectivity index (χ1) is 25.8. The van der Waals surface area contributed by atoms with Gasteiger partial charge in [0.15, 0.2) is 5.65 Å². The van der Waals surface area contributed by atoms with Gasteiger partial charge < -0.3 is 19.3 Å². The van der Waals surface area contributed by atoms with Crippen molar-refractivity contribution in [3.05, 3.63) is 124 Å². The van der Waals surface area contributed by atoms with E-state index < -0.39 is 5.60 Å². The molecule has 53 heavy (non-hydrogen) atoms. The molecular weight excluding hydrogens is 710 g/mol. The lowest BCUT2D eigenvalue weighted by Crippen LogP contribution is -2.53. The van der Waals surface area contributed by atoms with Crippen molar-refractivity contribution in [2.75, 3.05) is 33.3 Å². The summed E-state index contributed by atoms with van der Waals surface area (Å²) in [4.78, 5) is 46.9. The van der Waals surface area contributed by atoms with Crippen LogP contribution < -0.4 is 10.3 Å². The Hall–Kier alpha value is -4.88. The minimum Gasteiger partial charge on any atom is -0.481 e. The summed E-state index contributed by atoms with van der Waals surface area (Å²) in [6, 6.07) is 23.3. The standard InChI is InChI=1S/C40H40ClN7O4S/c1-52-35-11-10-28(21-42-35)37-43-22-31(53-37)23-45-16-12-32(34(24-45)27-6-3-2-4-7-27)38(49)46-18-14-40(51,15-19-46)25-47-26-44-36-33(39(47)50)13-17-48(36)30-9-5-8-29(41)20-30/h2-11,13,17,20-22,26,32,34,51H,12,14-16,18-19,23-25H2,1H3/t32-,34+/m1/s1. The number of piperidine rings is 2. The predicted octanol–water partition coefficient (Wildman–Crippen LogP) is 6.03. The number of thiazole rings is 1.